The van der Waals surface area contributed by atoms with Crippen molar-refractivity contribution in [2.75, 3.05) is 24.2 Å². The molecular weight excluding hydrogens is 244 g/mol. The number of anilines is 2. The topological polar surface area (TPSA) is 101 Å². The van der Waals surface area contributed by atoms with Crippen LogP contribution in [-0.4, -0.2) is 25.5 Å². The summed E-state index contributed by atoms with van der Waals surface area (Å²) in [7, 11) is 1.66. The van der Waals surface area contributed by atoms with Crippen LogP contribution in [0.25, 0.3) is 0 Å². The van der Waals surface area contributed by atoms with Gasteiger partial charge in [-0.1, -0.05) is 11.6 Å². The molecule has 0 heterocycles. The zero-order chi connectivity index (χ0) is 13.0. The number of urea groups is 1. The molecule has 5 N–H and O–H groups in total. The van der Waals surface area contributed by atoms with Crippen molar-refractivity contribution in [2.45, 2.75) is 0 Å². The van der Waals surface area contributed by atoms with Gasteiger partial charge in [-0.25, -0.2) is 4.79 Å². The molecule has 1 aromatic rings. The average molecular weight is 257 g/mol. The number of carbonyl (C=O) groups is 2. The van der Waals surface area contributed by atoms with Crippen LogP contribution in [0.4, 0.5) is 16.2 Å². The first-order valence-electron chi connectivity index (χ1n) is 4.75. The molecule has 0 saturated heterocycles. The van der Waals surface area contributed by atoms with Gasteiger partial charge in [-0.3, -0.25) is 10.1 Å². The minimum Gasteiger partial charge on any atom is -0.397 e. The first-order chi connectivity index (χ1) is 7.90. The van der Waals surface area contributed by atoms with Crippen LogP contribution in [0, 0.1) is 0 Å². The molecule has 0 atom stereocenters. The van der Waals surface area contributed by atoms with Crippen LogP contribution in [0.1, 0.15) is 0 Å². The lowest BCUT2D eigenvalue weighted by Gasteiger charge is -2.20. The number of likely N-dealkylation sites (N-methyl/N-ethyl adjacent to an activating group) is 1. The number of hydrogen-bond acceptors (Lipinski definition) is 4. The van der Waals surface area contributed by atoms with Gasteiger partial charge >= 0.3 is 6.03 Å². The first-order valence-corrected chi connectivity index (χ1v) is 5.13. The van der Waals surface area contributed by atoms with Gasteiger partial charge in [-0.2, -0.15) is 0 Å². The Hall–Kier alpha value is -1.95. The third-order valence-corrected chi connectivity index (χ3v) is 2.28. The summed E-state index contributed by atoms with van der Waals surface area (Å²) in [5.74, 6) is -0.514. The Labute approximate surface area is 104 Å². The maximum absolute atomic E-state index is 11.3. The highest BCUT2D eigenvalue weighted by Gasteiger charge is 2.11. The number of hydrogen-bond donors (Lipinski definition) is 3. The van der Waals surface area contributed by atoms with E-state index in [1.54, 1.807) is 30.1 Å². The molecule has 0 aromatic heterocycles. The predicted molar refractivity (Wildman–Crippen MR) is 66.9 cm³/mol. The Morgan fingerprint density at radius 2 is 2.12 bits per heavy atom. The third-order valence-electron chi connectivity index (χ3n) is 2.05. The second-order valence-corrected chi connectivity index (χ2v) is 3.91. The molecule has 0 radical (unpaired) electrons. The van der Waals surface area contributed by atoms with Gasteiger partial charge in [0.05, 0.1) is 17.9 Å². The largest absolute Gasteiger partial charge is 0.397 e. The lowest BCUT2D eigenvalue weighted by molar-refractivity contribution is -0.118. The first kappa shape index (κ1) is 13.1. The number of imide groups is 1. The summed E-state index contributed by atoms with van der Waals surface area (Å²) in [6.45, 7) is -0.0481. The van der Waals surface area contributed by atoms with E-state index in [4.69, 9.17) is 23.1 Å². The van der Waals surface area contributed by atoms with Gasteiger partial charge in [-0.05, 0) is 18.2 Å². The number of halogens is 1. The highest BCUT2D eigenvalue weighted by molar-refractivity contribution is 6.31. The Balaban J connectivity index is 2.75. The summed E-state index contributed by atoms with van der Waals surface area (Å²) < 4.78 is 0. The van der Waals surface area contributed by atoms with E-state index in [9.17, 15) is 9.59 Å². The van der Waals surface area contributed by atoms with Crippen molar-refractivity contribution in [2.24, 2.45) is 5.73 Å². The van der Waals surface area contributed by atoms with Gasteiger partial charge < -0.3 is 16.4 Å². The van der Waals surface area contributed by atoms with Gasteiger partial charge in [0.25, 0.3) is 0 Å². The highest BCUT2D eigenvalue weighted by atomic mass is 35.5. The molecule has 0 aliphatic rings. The van der Waals surface area contributed by atoms with Gasteiger partial charge in [0.2, 0.25) is 5.91 Å². The number of rotatable bonds is 3. The van der Waals surface area contributed by atoms with Crippen LogP contribution < -0.4 is 21.7 Å². The second kappa shape index (κ2) is 5.40. The lowest BCUT2D eigenvalue weighted by Crippen LogP contribution is -2.41. The van der Waals surface area contributed by atoms with Gasteiger partial charge in [0, 0.05) is 12.1 Å². The Morgan fingerprint density at radius 3 is 2.71 bits per heavy atom. The van der Waals surface area contributed by atoms with Crippen molar-refractivity contribution in [3.05, 3.63) is 23.2 Å². The van der Waals surface area contributed by atoms with Gasteiger partial charge in [0.15, 0.2) is 0 Å². The quantitative estimate of drug-likeness (QED) is 0.688. The zero-order valence-electron chi connectivity index (χ0n) is 9.24. The fraction of sp³-hybridized carbons (Fsp3) is 0.200. The molecular formula is C10H13ClN4O2. The summed E-state index contributed by atoms with van der Waals surface area (Å²) in [5.41, 5.74) is 11.7. The molecule has 0 aliphatic heterocycles. The maximum Gasteiger partial charge on any atom is 0.318 e. The monoisotopic (exact) mass is 256 g/mol. The van der Waals surface area contributed by atoms with Crippen LogP contribution in [-0.2, 0) is 4.79 Å². The minimum atomic E-state index is -0.887. The fourth-order valence-corrected chi connectivity index (χ4v) is 1.49. The van der Waals surface area contributed by atoms with E-state index in [1.165, 1.54) is 0 Å². The van der Waals surface area contributed by atoms with Crippen molar-refractivity contribution >= 4 is 34.9 Å². The average Bonchev–Trinajstić information content (AvgIpc) is 2.20. The number of nitrogens with one attached hydrogen (secondary N) is 1. The van der Waals surface area contributed by atoms with Crippen LogP contribution in [0.2, 0.25) is 5.02 Å². The third kappa shape index (κ3) is 3.84. The van der Waals surface area contributed by atoms with E-state index < -0.39 is 11.9 Å². The number of nitrogens with two attached hydrogens (primary N) is 2. The Kier molecular flexibility index (Phi) is 4.17. The number of benzene rings is 1. The van der Waals surface area contributed by atoms with E-state index in [0.29, 0.717) is 16.4 Å². The molecule has 1 aromatic carbocycles. The van der Waals surface area contributed by atoms with Crippen molar-refractivity contribution in [3.8, 4) is 0 Å². The maximum atomic E-state index is 11.3. The highest BCUT2D eigenvalue weighted by Crippen LogP contribution is 2.25. The molecule has 0 unspecified atom stereocenters. The number of amides is 3. The summed E-state index contributed by atoms with van der Waals surface area (Å²) >= 11 is 5.82. The predicted octanol–water partition coefficient (Wildman–Crippen LogP) is 0.553. The Bertz CT molecular complexity index is 450. The lowest BCUT2D eigenvalue weighted by atomic mass is 10.2. The molecule has 1 rings (SSSR count). The SMILES string of the molecule is CN(CC(=O)NC(N)=O)c1cc(Cl)ccc1N. The smallest absolute Gasteiger partial charge is 0.318 e. The van der Waals surface area contributed by atoms with Crippen LogP contribution in [0.3, 0.4) is 0 Å². The second-order valence-electron chi connectivity index (χ2n) is 3.47. The molecule has 0 aliphatic carbocycles. The molecule has 0 spiro atoms. The van der Waals surface area contributed by atoms with E-state index in [2.05, 4.69) is 0 Å². The van der Waals surface area contributed by atoms with Crippen LogP contribution in [0.5, 0.6) is 0 Å². The van der Waals surface area contributed by atoms with Crippen molar-refractivity contribution in [3.63, 3.8) is 0 Å². The summed E-state index contributed by atoms with van der Waals surface area (Å²) in [6, 6.07) is 4.04. The summed E-state index contributed by atoms with van der Waals surface area (Å²) in [5, 5.41) is 2.47. The molecule has 0 bridgehead atoms. The molecule has 7 heteroatoms. The minimum absolute atomic E-state index is 0.0481. The summed E-state index contributed by atoms with van der Waals surface area (Å²) in [4.78, 5) is 23.3. The molecule has 6 nitrogen and oxygen atoms in total. The number of nitrogen functional groups attached to an aromatic ring is 1. The van der Waals surface area contributed by atoms with Crippen molar-refractivity contribution in [1.82, 2.24) is 5.32 Å². The van der Waals surface area contributed by atoms with Crippen LogP contribution >= 0.6 is 11.6 Å². The molecule has 17 heavy (non-hydrogen) atoms. The van der Waals surface area contributed by atoms with E-state index in [0.717, 1.165) is 0 Å². The van der Waals surface area contributed by atoms with Gasteiger partial charge in [0.1, 0.15) is 0 Å². The summed E-state index contributed by atoms with van der Waals surface area (Å²) in [6.07, 6.45) is 0. The number of nitrogens with zero attached hydrogens (tertiary/aromatic N) is 1. The van der Waals surface area contributed by atoms with E-state index in [1.807, 2.05) is 5.32 Å². The molecule has 0 fully saturated rings. The van der Waals surface area contributed by atoms with Crippen molar-refractivity contribution < 1.29 is 9.59 Å². The van der Waals surface area contributed by atoms with E-state index in [-0.39, 0.29) is 6.54 Å². The normalized spacial score (nSPS) is 9.76. The number of primary amides is 1. The Morgan fingerprint density at radius 1 is 1.47 bits per heavy atom. The molecule has 0 saturated carbocycles. The van der Waals surface area contributed by atoms with Gasteiger partial charge in [-0.15, -0.1) is 0 Å². The fourth-order valence-electron chi connectivity index (χ4n) is 1.32. The van der Waals surface area contributed by atoms with Crippen molar-refractivity contribution in [1.29, 1.82) is 0 Å². The van der Waals surface area contributed by atoms with E-state index >= 15 is 0 Å². The number of carbonyl (C=O) groups excluding carboxylic acids is 2. The molecule has 3 amide bonds. The van der Waals surface area contributed by atoms with Crippen LogP contribution in [0.15, 0.2) is 18.2 Å². The zero-order valence-corrected chi connectivity index (χ0v) is 9.99. The standard InChI is InChI=1S/C10H13ClN4O2/c1-15(5-9(16)14-10(13)17)8-4-6(11)2-3-7(8)12/h2-4H,5,12H2,1H3,(H3,13,14,16,17). The molecule has 92 valence electrons.